The number of carbonyl (C=O) groups excluding carboxylic acids is 1. The van der Waals surface area contributed by atoms with Gasteiger partial charge in [-0.05, 0) is 78.4 Å². The van der Waals surface area contributed by atoms with Gasteiger partial charge in [0.15, 0.2) is 0 Å². The number of carboxylic acid groups (broad SMARTS) is 1. The second-order valence-electron chi connectivity index (χ2n) is 12.7. The summed E-state index contributed by atoms with van der Waals surface area (Å²) >= 11 is 0. The zero-order chi connectivity index (χ0) is 31.4. The smallest absolute Gasteiger partial charge is 0.335 e. The van der Waals surface area contributed by atoms with Gasteiger partial charge in [0, 0.05) is 41.4 Å². The van der Waals surface area contributed by atoms with Crippen molar-refractivity contribution in [3.05, 3.63) is 83.4 Å². The molecule has 0 bridgehead atoms. The maximum absolute atomic E-state index is 14.5. The zero-order valence-corrected chi connectivity index (χ0v) is 26.0. The first-order chi connectivity index (χ1) is 22.5. The quantitative estimate of drug-likeness (QED) is 0.224. The van der Waals surface area contributed by atoms with Gasteiger partial charge in [0.1, 0.15) is 11.8 Å². The molecular formula is C38H37N3O5. The van der Waals surface area contributed by atoms with E-state index in [0.717, 1.165) is 68.5 Å². The van der Waals surface area contributed by atoms with Crippen molar-refractivity contribution in [3.63, 3.8) is 0 Å². The Morgan fingerprint density at radius 1 is 0.913 bits per heavy atom. The number of amides is 1. The fourth-order valence-electron chi connectivity index (χ4n) is 7.98. The third kappa shape index (κ3) is 4.74. The average Bonchev–Trinajstić information content (AvgIpc) is 3.46. The number of aromatic carboxylic acids is 1. The highest BCUT2D eigenvalue weighted by molar-refractivity contribution is 6.02. The number of hydrogen-bond donors (Lipinski definition) is 1. The summed E-state index contributed by atoms with van der Waals surface area (Å²) in [5.74, 6) is 0.241. The van der Waals surface area contributed by atoms with Gasteiger partial charge in [-0.3, -0.25) is 4.79 Å². The molecule has 1 N–H and O–H groups in total. The molecule has 3 aliphatic rings. The summed E-state index contributed by atoms with van der Waals surface area (Å²) in [6, 6.07) is 21.4. The summed E-state index contributed by atoms with van der Waals surface area (Å²) in [7, 11) is 1.66. The summed E-state index contributed by atoms with van der Waals surface area (Å²) in [6.45, 7) is 2.14. The largest absolute Gasteiger partial charge is 0.497 e. The van der Waals surface area contributed by atoms with Crippen LogP contribution in [0.5, 0.6) is 5.75 Å². The van der Waals surface area contributed by atoms with Gasteiger partial charge in [0.05, 0.1) is 48.3 Å². The van der Waals surface area contributed by atoms with Crippen molar-refractivity contribution < 1.29 is 24.2 Å². The molecule has 1 saturated carbocycles. The summed E-state index contributed by atoms with van der Waals surface area (Å²) in [5.41, 5.74) is 8.42. The van der Waals surface area contributed by atoms with E-state index in [0.29, 0.717) is 38.6 Å². The van der Waals surface area contributed by atoms with Crippen molar-refractivity contribution in [2.75, 3.05) is 33.4 Å². The van der Waals surface area contributed by atoms with Gasteiger partial charge in [0.25, 0.3) is 0 Å². The minimum Gasteiger partial charge on any atom is -0.497 e. The monoisotopic (exact) mass is 615 g/mol. The lowest BCUT2D eigenvalue weighted by atomic mass is 9.80. The maximum Gasteiger partial charge on any atom is 0.335 e. The van der Waals surface area contributed by atoms with Gasteiger partial charge in [-0.25, -0.2) is 9.78 Å². The molecule has 8 nitrogen and oxygen atoms in total. The lowest BCUT2D eigenvalue weighted by Crippen LogP contribution is -2.45. The molecule has 1 aliphatic carbocycles. The molecule has 1 saturated heterocycles. The van der Waals surface area contributed by atoms with Crippen molar-refractivity contribution >= 4 is 33.7 Å². The number of carbonyl (C=O) groups is 2. The summed E-state index contributed by atoms with van der Waals surface area (Å²) in [6.07, 6.45) is 6.25. The van der Waals surface area contributed by atoms with Crippen LogP contribution in [0.25, 0.3) is 44.3 Å². The molecule has 1 amide bonds. The zero-order valence-electron chi connectivity index (χ0n) is 26.0. The minimum atomic E-state index is -0.964. The van der Waals surface area contributed by atoms with E-state index in [2.05, 4.69) is 28.8 Å². The average molecular weight is 616 g/mol. The Balaban J connectivity index is 1.36. The van der Waals surface area contributed by atoms with E-state index in [9.17, 15) is 14.7 Å². The van der Waals surface area contributed by atoms with Crippen LogP contribution >= 0.6 is 0 Å². The van der Waals surface area contributed by atoms with Crippen LogP contribution < -0.4 is 4.74 Å². The summed E-state index contributed by atoms with van der Waals surface area (Å²) in [5, 5.41) is 12.1. The Bertz CT molecular complexity index is 1980. The van der Waals surface area contributed by atoms with Crippen LogP contribution in [0.15, 0.2) is 66.7 Å². The Morgan fingerprint density at radius 2 is 1.67 bits per heavy atom. The Kier molecular flexibility index (Phi) is 7.25. The number of methoxy groups -OCH3 is 1. The van der Waals surface area contributed by atoms with Gasteiger partial charge < -0.3 is 24.0 Å². The predicted octanol–water partition coefficient (Wildman–Crippen LogP) is 7.23. The number of rotatable bonds is 5. The maximum atomic E-state index is 14.5. The molecule has 2 fully saturated rings. The molecule has 46 heavy (non-hydrogen) atoms. The molecule has 2 aliphatic heterocycles. The van der Waals surface area contributed by atoms with Crippen LogP contribution in [0.1, 0.15) is 65.5 Å². The third-order valence-corrected chi connectivity index (χ3v) is 10.2. The molecule has 4 heterocycles. The van der Waals surface area contributed by atoms with E-state index in [4.69, 9.17) is 14.5 Å². The highest BCUT2D eigenvalue weighted by Crippen LogP contribution is 2.50. The van der Waals surface area contributed by atoms with Gasteiger partial charge in [-0.1, -0.05) is 37.5 Å². The molecule has 8 heteroatoms. The van der Waals surface area contributed by atoms with Crippen LogP contribution in [0.3, 0.4) is 0 Å². The van der Waals surface area contributed by atoms with Crippen molar-refractivity contribution in [1.82, 2.24) is 14.5 Å². The number of nitrogens with zero attached hydrogens (tertiary/aromatic N) is 3. The van der Waals surface area contributed by atoms with Crippen molar-refractivity contribution in [2.45, 2.75) is 50.5 Å². The number of pyridine rings is 1. The van der Waals surface area contributed by atoms with E-state index in [1.165, 1.54) is 24.8 Å². The van der Waals surface area contributed by atoms with Crippen molar-refractivity contribution in [1.29, 1.82) is 0 Å². The van der Waals surface area contributed by atoms with Crippen LogP contribution in [0.4, 0.5) is 0 Å². The van der Waals surface area contributed by atoms with E-state index in [1.807, 2.05) is 35.2 Å². The van der Waals surface area contributed by atoms with E-state index >= 15 is 0 Å². The number of hydrogen-bond acceptors (Lipinski definition) is 5. The predicted molar refractivity (Wildman–Crippen MR) is 178 cm³/mol. The first kappa shape index (κ1) is 28.8. The van der Waals surface area contributed by atoms with Crippen LogP contribution in [-0.4, -0.2) is 64.8 Å². The minimum absolute atomic E-state index is 0.0582. The van der Waals surface area contributed by atoms with E-state index < -0.39 is 12.0 Å². The normalized spacial score (nSPS) is 18.4. The Hall–Kier alpha value is -4.69. The van der Waals surface area contributed by atoms with Gasteiger partial charge >= 0.3 is 5.97 Å². The van der Waals surface area contributed by atoms with Crippen molar-refractivity contribution in [3.8, 4) is 28.3 Å². The Labute approximate surface area is 267 Å². The SMILES string of the molecule is COc1ccc(-c2ccc3c4c(ccc3n2)-c2c(C3CCCCC3)c3ccc(C(=O)O)cc3n2C(C(=O)N2CCOCC2)C4)cc1. The third-order valence-electron chi connectivity index (χ3n) is 10.2. The molecule has 3 aromatic carbocycles. The van der Waals surface area contributed by atoms with Crippen LogP contribution in [0, 0.1) is 0 Å². The lowest BCUT2D eigenvalue weighted by molar-refractivity contribution is -0.138. The molecule has 0 radical (unpaired) electrons. The van der Waals surface area contributed by atoms with Crippen LogP contribution in [-0.2, 0) is 16.0 Å². The molecule has 234 valence electrons. The number of fused-ring (bicyclic) bond motifs is 7. The fourth-order valence-corrected chi connectivity index (χ4v) is 7.98. The standard InChI is InChI=1S/C38H37N3O5/c1-45-26-10-7-23(8-11-26)31-15-13-27-30-22-34(37(42)40-17-19-46-20-18-40)41-33-21-25(38(43)44)9-12-29(33)35(24-5-3-2-4-6-24)36(41)28(30)14-16-32(27)39-31/h7-16,21,24,34H,2-6,17-20,22H2,1H3,(H,43,44). The van der Waals surface area contributed by atoms with Crippen LogP contribution in [0.2, 0.25) is 0 Å². The van der Waals surface area contributed by atoms with E-state index in [1.54, 1.807) is 19.2 Å². The van der Waals surface area contributed by atoms with Gasteiger partial charge in [-0.2, -0.15) is 0 Å². The number of carboxylic acids is 1. The van der Waals surface area contributed by atoms with Gasteiger partial charge in [0.2, 0.25) is 5.91 Å². The second kappa shape index (κ2) is 11.6. The first-order valence-electron chi connectivity index (χ1n) is 16.4. The highest BCUT2D eigenvalue weighted by atomic mass is 16.5. The number of morpholine rings is 1. The number of benzene rings is 3. The summed E-state index contributed by atoms with van der Waals surface area (Å²) in [4.78, 5) is 33.7. The topological polar surface area (TPSA) is 93.9 Å². The molecule has 5 aromatic rings. The first-order valence-corrected chi connectivity index (χ1v) is 16.4. The molecule has 1 atom stereocenters. The molecular weight excluding hydrogens is 578 g/mol. The highest BCUT2D eigenvalue weighted by Gasteiger charge is 2.39. The number of aromatic nitrogens is 2. The fraction of sp³-hybridized carbons (Fsp3) is 0.342. The molecule has 0 spiro atoms. The second-order valence-corrected chi connectivity index (χ2v) is 12.7. The van der Waals surface area contributed by atoms with Gasteiger partial charge in [-0.15, -0.1) is 0 Å². The molecule has 8 rings (SSSR count). The van der Waals surface area contributed by atoms with E-state index in [-0.39, 0.29) is 11.5 Å². The molecule has 2 aromatic heterocycles. The molecule has 1 unspecified atom stereocenters. The lowest BCUT2D eigenvalue weighted by Gasteiger charge is -2.35. The summed E-state index contributed by atoms with van der Waals surface area (Å²) < 4.78 is 13.1. The van der Waals surface area contributed by atoms with Crippen molar-refractivity contribution in [2.24, 2.45) is 0 Å². The number of ether oxygens (including phenoxy) is 2. The Morgan fingerprint density at radius 3 is 2.41 bits per heavy atom.